The molecule has 1 aliphatic heterocycles. The van der Waals surface area contributed by atoms with Crippen molar-refractivity contribution in [2.75, 3.05) is 13.6 Å². The Bertz CT molecular complexity index is 254. The van der Waals surface area contributed by atoms with Gasteiger partial charge in [0.15, 0.2) is 0 Å². The Labute approximate surface area is 97.5 Å². The molecule has 14 heavy (non-hydrogen) atoms. The number of hydrogen-bond acceptors (Lipinski definition) is 2. The lowest BCUT2D eigenvalue weighted by Gasteiger charge is -2.18. The van der Waals surface area contributed by atoms with E-state index in [1.807, 2.05) is 18.5 Å². The van der Waals surface area contributed by atoms with Gasteiger partial charge in [-0.3, -0.25) is 9.88 Å². The SMILES string of the molecule is CN1CCC[C@H]1c1cccnc1.Cl.Cl. The summed E-state index contributed by atoms with van der Waals surface area (Å²) in [7, 11) is 2.19. The fourth-order valence-electron chi connectivity index (χ4n) is 1.90. The Morgan fingerprint density at radius 2 is 2.21 bits per heavy atom. The predicted molar refractivity (Wildman–Crippen MR) is 63.3 cm³/mol. The number of halogens is 2. The molecule has 0 spiro atoms. The van der Waals surface area contributed by atoms with Crippen LogP contribution in [0, 0.1) is 0 Å². The largest absolute Gasteiger partial charge is 0.299 e. The molecule has 1 atom stereocenters. The highest BCUT2D eigenvalue weighted by Gasteiger charge is 2.21. The molecule has 4 heteroatoms. The maximum absolute atomic E-state index is 4.14. The third-order valence-electron chi connectivity index (χ3n) is 2.59. The van der Waals surface area contributed by atoms with Crippen LogP contribution in [0.5, 0.6) is 0 Å². The lowest BCUT2D eigenvalue weighted by molar-refractivity contribution is 0.317. The molecule has 0 unspecified atom stereocenters. The maximum atomic E-state index is 4.14. The van der Waals surface area contributed by atoms with Gasteiger partial charge in [-0.1, -0.05) is 6.07 Å². The summed E-state index contributed by atoms with van der Waals surface area (Å²) in [5.41, 5.74) is 1.36. The van der Waals surface area contributed by atoms with E-state index in [9.17, 15) is 0 Å². The van der Waals surface area contributed by atoms with Gasteiger partial charge in [-0.25, -0.2) is 0 Å². The van der Waals surface area contributed by atoms with Gasteiger partial charge in [-0.15, -0.1) is 24.8 Å². The molecule has 2 rings (SSSR count). The zero-order valence-corrected chi connectivity index (χ0v) is 9.85. The fraction of sp³-hybridized carbons (Fsp3) is 0.500. The molecular weight excluding hydrogens is 219 g/mol. The summed E-state index contributed by atoms with van der Waals surface area (Å²) in [5.74, 6) is 0. The van der Waals surface area contributed by atoms with Crippen molar-refractivity contribution in [1.29, 1.82) is 0 Å². The second-order valence-electron chi connectivity index (χ2n) is 3.42. The van der Waals surface area contributed by atoms with Crippen LogP contribution < -0.4 is 0 Å². The molecule has 1 aromatic rings. The van der Waals surface area contributed by atoms with Crippen LogP contribution in [0.2, 0.25) is 0 Å². The van der Waals surface area contributed by atoms with Gasteiger partial charge < -0.3 is 0 Å². The summed E-state index contributed by atoms with van der Waals surface area (Å²) in [5, 5.41) is 0. The summed E-state index contributed by atoms with van der Waals surface area (Å²) >= 11 is 0. The summed E-state index contributed by atoms with van der Waals surface area (Å²) in [6.07, 6.45) is 6.41. The van der Waals surface area contributed by atoms with Crippen molar-refractivity contribution in [3.63, 3.8) is 0 Å². The van der Waals surface area contributed by atoms with Crippen LogP contribution in [0.3, 0.4) is 0 Å². The van der Waals surface area contributed by atoms with E-state index in [0.29, 0.717) is 6.04 Å². The van der Waals surface area contributed by atoms with Crippen molar-refractivity contribution in [3.05, 3.63) is 30.1 Å². The van der Waals surface area contributed by atoms with Crippen LogP contribution in [0.4, 0.5) is 0 Å². The first-order chi connectivity index (χ1) is 5.88. The molecule has 1 fully saturated rings. The molecule has 0 bridgehead atoms. The normalized spacial score (nSPS) is 21.1. The first-order valence-corrected chi connectivity index (χ1v) is 4.48. The summed E-state index contributed by atoms with van der Waals surface area (Å²) in [6.45, 7) is 1.22. The van der Waals surface area contributed by atoms with Crippen LogP contribution >= 0.6 is 24.8 Å². The average Bonchev–Trinajstić information content (AvgIpc) is 2.53. The van der Waals surface area contributed by atoms with Gasteiger partial charge in [0.05, 0.1) is 0 Å². The van der Waals surface area contributed by atoms with Crippen molar-refractivity contribution in [3.8, 4) is 0 Å². The van der Waals surface area contributed by atoms with Gasteiger partial charge in [0.25, 0.3) is 0 Å². The highest BCUT2D eigenvalue weighted by Crippen LogP contribution is 2.29. The van der Waals surface area contributed by atoms with Crippen LogP contribution in [0.25, 0.3) is 0 Å². The van der Waals surface area contributed by atoms with Crippen LogP contribution in [0.15, 0.2) is 24.5 Å². The predicted octanol–water partition coefficient (Wildman–Crippen LogP) is 2.69. The Hall–Kier alpha value is -0.310. The van der Waals surface area contributed by atoms with Gasteiger partial charge in [0, 0.05) is 18.4 Å². The molecule has 1 aromatic heterocycles. The molecule has 0 N–H and O–H groups in total. The smallest absolute Gasteiger partial charge is 0.0360 e. The van der Waals surface area contributed by atoms with Crippen molar-refractivity contribution >= 4 is 24.8 Å². The molecular formula is C10H16Cl2N2. The minimum atomic E-state index is 0. The lowest BCUT2D eigenvalue weighted by Crippen LogP contribution is -2.17. The molecule has 80 valence electrons. The number of likely N-dealkylation sites (tertiary alicyclic amines) is 1. The lowest BCUT2D eigenvalue weighted by atomic mass is 10.1. The number of nitrogens with zero attached hydrogens (tertiary/aromatic N) is 2. The number of pyridine rings is 1. The molecule has 1 aliphatic rings. The van der Waals surface area contributed by atoms with E-state index < -0.39 is 0 Å². The van der Waals surface area contributed by atoms with E-state index in [0.717, 1.165) is 0 Å². The molecule has 0 aliphatic carbocycles. The van der Waals surface area contributed by atoms with Crippen molar-refractivity contribution < 1.29 is 0 Å². The maximum Gasteiger partial charge on any atom is 0.0360 e. The van der Waals surface area contributed by atoms with E-state index in [4.69, 9.17) is 0 Å². The summed E-state index contributed by atoms with van der Waals surface area (Å²) in [4.78, 5) is 6.54. The Morgan fingerprint density at radius 3 is 2.71 bits per heavy atom. The average molecular weight is 235 g/mol. The molecule has 2 nitrogen and oxygen atoms in total. The van der Waals surface area contributed by atoms with Crippen molar-refractivity contribution in [2.24, 2.45) is 0 Å². The second-order valence-corrected chi connectivity index (χ2v) is 3.42. The number of rotatable bonds is 1. The van der Waals surface area contributed by atoms with Crippen molar-refractivity contribution in [2.45, 2.75) is 18.9 Å². The van der Waals surface area contributed by atoms with Gasteiger partial charge in [0.2, 0.25) is 0 Å². The molecule has 2 heterocycles. The molecule has 0 radical (unpaired) electrons. The zero-order chi connectivity index (χ0) is 8.39. The first kappa shape index (κ1) is 13.7. The minimum absolute atomic E-state index is 0. The van der Waals surface area contributed by atoms with E-state index in [1.54, 1.807) is 0 Å². The highest BCUT2D eigenvalue weighted by molar-refractivity contribution is 5.85. The summed E-state index contributed by atoms with van der Waals surface area (Å²) in [6, 6.07) is 4.79. The standard InChI is InChI=1S/C10H14N2.2ClH/c1-12-7-3-5-10(12)9-4-2-6-11-8-9;;/h2,4,6,8,10H,3,5,7H2,1H3;2*1H/t10-;;/m0../s1. The van der Waals surface area contributed by atoms with Gasteiger partial charge in [0.1, 0.15) is 0 Å². The van der Waals surface area contributed by atoms with E-state index in [1.165, 1.54) is 24.9 Å². The number of aromatic nitrogens is 1. The molecule has 1 saturated heterocycles. The quantitative estimate of drug-likeness (QED) is 0.743. The fourth-order valence-corrected chi connectivity index (χ4v) is 1.90. The van der Waals surface area contributed by atoms with E-state index >= 15 is 0 Å². The second kappa shape index (κ2) is 6.23. The number of hydrogen-bond donors (Lipinski definition) is 0. The molecule has 0 aromatic carbocycles. The monoisotopic (exact) mass is 234 g/mol. The topological polar surface area (TPSA) is 16.1 Å². The third kappa shape index (κ3) is 2.84. The summed E-state index contributed by atoms with van der Waals surface area (Å²) < 4.78 is 0. The Kier molecular flexibility index (Phi) is 6.09. The first-order valence-electron chi connectivity index (χ1n) is 4.48. The highest BCUT2D eigenvalue weighted by atomic mass is 35.5. The van der Waals surface area contributed by atoms with Crippen molar-refractivity contribution in [1.82, 2.24) is 9.88 Å². The molecule has 0 amide bonds. The molecule has 0 saturated carbocycles. The van der Waals surface area contributed by atoms with E-state index in [2.05, 4.69) is 23.0 Å². The minimum Gasteiger partial charge on any atom is -0.299 e. The van der Waals surface area contributed by atoms with Gasteiger partial charge in [-0.05, 0) is 38.1 Å². The third-order valence-corrected chi connectivity index (χ3v) is 2.59. The van der Waals surface area contributed by atoms with Crippen LogP contribution in [-0.2, 0) is 0 Å². The van der Waals surface area contributed by atoms with Crippen LogP contribution in [0.1, 0.15) is 24.4 Å². The Balaban J connectivity index is 0.000000845. The van der Waals surface area contributed by atoms with Crippen LogP contribution in [-0.4, -0.2) is 23.5 Å². The van der Waals surface area contributed by atoms with Gasteiger partial charge in [-0.2, -0.15) is 0 Å². The van der Waals surface area contributed by atoms with Gasteiger partial charge >= 0.3 is 0 Å². The van der Waals surface area contributed by atoms with E-state index in [-0.39, 0.29) is 24.8 Å². The Morgan fingerprint density at radius 1 is 1.43 bits per heavy atom. The zero-order valence-electron chi connectivity index (χ0n) is 8.22.